The van der Waals surface area contributed by atoms with Gasteiger partial charge in [0, 0.05) is 39.1 Å². The third-order valence-corrected chi connectivity index (χ3v) is 8.52. The molecule has 11 heteroatoms. The molecule has 2 aromatic rings. The van der Waals surface area contributed by atoms with Crippen LogP contribution in [-0.2, 0) is 9.59 Å². The smallest absolute Gasteiger partial charge is 0.262 e. The predicted octanol–water partition coefficient (Wildman–Crippen LogP) is 1.82. The van der Waals surface area contributed by atoms with Crippen LogP contribution in [0.1, 0.15) is 59.2 Å². The molecule has 3 N–H and O–H groups in total. The van der Waals surface area contributed by atoms with E-state index in [0.717, 1.165) is 69.0 Å². The highest BCUT2D eigenvalue weighted by atomic mass is 16.5. The summed E-state index contributed by atoms with van der Waals surface area (Å²) >= 11 is 0. The van der Waals surface area contributed by atoms with Crippen LogP contribution in [0, 0.1) is 5.92 Å². The van der Waals surface area contributed by atoms with Gasteiger partial charge < -0.3 is 20.3 Å². The molecule has 4 aliphatic rings. The van der Waals surface area contributed by atoms with Gasteiger partial charge in [0.2, 0.25) is 11.8 Å². The second-order valence-corrected chi connectivity index (χ2v) is 11.1. The number of aromatic nitrogens is 1. The number of ether oxygens (including phenoxy) is 1. The maximum atomic E-state index is 13.1. The summed E-state index contributed by atoms with van der Waals surface area (Å²) in [5.74, 6) is -0.271. The molecule has 3 fully saturated rings. The Morgan fingerprint density at radius 2 is 1.65 bits per heavy atom. The van der Waals surface area contributed by atoms with E-state index in [1.165, 1.54) is 0 Å². The average molecular weight is 547 g/mol. The summed E-state index contributed by atoms with van der Waals surface area (Å²) in [5, 5.41) is 2.22. The number of benzene rings is 1. The van der Waals surface area contributed by atoms with Gasteiger partial charge in [-0.05, 0) is 68.4 Å². The van der Waals surface area contributed by atoms with Crippen molar-refractivity contribution in [3.63, 3.8) is 0 Å². The number of likely N-dealkylation sites (tertiary alicyclic amines) is 1. The molecule has 4 aliphatic heterocycles. The summed E-state index contributed by atoms with van der Waals surface area (Å²) in [6.07, 6.45) is 6.20. The van der Waals surface area contributed by atoms with E-state index < -0.39 is 29.7 Å². The zero-order chi connectivity index (χ0) is 27.8. The fourth-order valence-corrected chi connectivity index (χ4v) is 6.25. The summed E-state index contributed by atoms with van der Waals surface area (Å²) in [6.45, 7) is 5.05. The Labute approximate surface area is 232 Å². The van der Waals surface area contributed by atoms with E-state index in [1.54, 1.807) is 18.2 Å². The summed E-state index contributed by atoms with van der Waals surface area (Å²) < 4.78 is 6.24. The van der Waals surface area contributed by atoms with E-state index in [9.17, 15) is 19.2 Å². The monoisotopic (exact) mass is 546 g/mol. The lowest BCUT2D eigenvalue weighted by Gasteiger charge is -2.38. The molecular weight excluding hydrogens is 512 g/mol. The molecule has 210 valence electrons. The summed E-state index contributed by atoms with van der Waals surface area (Å²) in [7, 11) is 0. The van der Waals surface area contributed by atoms with Crippen LogP contribution in [0.25, 0.3) is 0 Å². The van der Waals surface area contributed by atoms with Crippen LogP contribution in [0.2, 0.25) is 0 Å². The Hall–Kier alpha value is -3.99. The minimum absolute atomic E-state index is 0.0348. The topological polar surface area (TPSA) is 138 Å². The molecule has 1 aromatic heterocycles. The Balaban J connectivity index is 0.988. The highest BCUT2D eigenvalue weighted by Gasteiger charge is 2.44. The lowest BCUT2D eigenvalue weighted by Crippen LogP contribution is -2.54. The van der Waals surface area contributed by atoms with Gasteiger partial charge in [0.25, 0.3) is 11.8 Å². The van der Waals surface area contributed by atoms with Gasteiger partial charge in [-0.15, -0.1) is 0 Å². The van der Waals surface area contributed by atoms with Crippen molar-refractivity contribution in [2.24, 2.45) is 5.92 Å². The van der Waals surface area contributed by atoms with Crippen molar-refractivity contribution in [3.05, 3.63) is 47.7 Å². The number of pyridine rings is 1. The molecule has 0 spiro atoms. The average Bonchev–Trinajstić information content (AvgIpc) is 3.20. The molecule has 0 radical (unpaired) electrons. The molecule has 1 unspecified atom stereocenters. The van der Waals surface area contributed by atoms with Crippen molar-refractivity contribution in [1.82, 2.24) is 20.1 Å². The number of nitrogens with two attached hydrogens (primary N) is 1. The van der Waals surface area contributed by atoms with Crippen molar-refractivity contribution in [2.45, 2.75) is 50.7 Å². The number of nitrogen functional groups attached to an aromatic ring is 1. The highest BCUT2D eigenvalue weighted by molar-refractivity contribution is 6.23. The van der Waals surface area contributed by atoms with Crippen LogP contribution in [-0.4, -0.2) is 83.3 Å². The molecule has 1 aromatic carbocycles. The van der Waals surface area contributed by atoms with E-state index in [1.807, 2.05) is 18.3 Å². The van der Waals surface area contributed by atoms with Gasteiger partial charge in [0.1, 0.15) is 23.7 Å². The van der Waals surface area contributed by atoms with Crippen LogP contribution in [0.4, 0.5) is 11.5 Å². The number of rotatable bonds is 6. The minimum Gasteiger partial charge on any atom is -0.490 e. The zero-order valence-corrected chi connectivity index (χ0v) is 22.4. The van der Waals surface area contributed by atoms with E-state index in [0.29, 0.717) is 17.5 Å². The fourth-order valence-electron chi connectivity index (χ4n) is 6.25. The molecular formula is C29H34N6O5. The van der Waals surface area contributed by atoms with E-state index in [-0.39, 0.29) is 30.1 Å². The van der Waals surface area contributed by atoms with Crippen molar-refractivity contribution in [2.75, 3.05) is 43.4 Å². The maximum Gasteiger partial charge on any atom is 0.262 e. The maximum absolute atomic E-state index is 13.1. The number of carbonyl (C=O) groups is 4. The molecule has 0 bridgehead atoms. The van der Waals surface area contributed by atoms with Gasteiger partial charge >= 0.3 is 0 Å². The fraction of sp³-hybridized carbons (Fsp3) is 0.483. The molecule has 6 rings (SSSR count). The van der Waals surface area contributed by atoms with Gasteiger partial charge in [-0.25, -0.2) is 4.98 Å². The van der Waals surface area contributed by atoms with Gasteiger partial charge in [-0.1, -0.05) is 0 Å². The highest BCUT2D eigenvalue weighted by Crippen LogP contribution is 2.31. The number of fused-ring (bicyclic) bond motifs is 1. The van der Waals surface area contributed by atoms with E-state index >= 15 is 0 Å². The quantitative estimate of drug-likeness (QED) is 0.520. The van der Waals surface area contributed by atoms with Crippen LogP contribution in [0.5, 0.6) is 5.75 Å². The molecule has 0 aliphatic carbocycles. The SMILES string of the molecule is Nc1ccc(N2CCC(CN3CCC(Oc4ccc5c(c4)C(=O)N(C4CCC(=O)NC4=O)C5=O)CC3)CC2)cn1. The van der Waals surface area contributed by atoms with Gasteiger partial charge in [0.15, 0.2) is 0 Å². The third-order valence-electron chi connectivity index (χ3n) is 8.52. The molecule has 1 atom stereocenters. The Morgan fingerprint density at radius 3 is 2.35 bits per heavy atom. The first-order valence-corrected chi connectivity index (χ1v) is 14.1. The van der Waals surface area contributed by atoms with Crippen molar-refractivity contribution < 1.29 is 23.9 Å². The first kappa shape index (κ1) is 26.2. The normalized spacial score (nSPS) is 22.9. The van der Waals surface area contributed by atoms with Crippen LogP contribution >= 0.6 is 0 Å². The summed E-state index contributed by atoms with van der Waals surface area (Å²) in [4.78, 5) is 59.9. The lowest BCUT2D eigenvalue weighted by atomic mass is 9.94. The predicted molar refractivity (Wildman–Crippen MR) is 147 cm³/mol. The molecule has 0 saturated carbocycles. The Kier molecular flexibility index (Phi) is 7.14. The summed E-state index contributed by atoms with van der Waals surface area (Å²) in [5.41, 5.74) is 7.35. The van der Waals surface area contributed by atoms with Gasteiger partial charge in [0.05, 0.1) is 23.0 Å². The molecule has 11 nitrogen and oxygen atoms in total. The number of hydrogen-bond acceptors (Lipinski definition) is 9. The second-order valence-electron chi connectivity index (χ2n) is 11.1. The van der Waals surface area contributed by atoms with Crippen LogP contribution < -0.4 is 20.7 Å². The first-order chi connectivity index (χ1) is 19.4. The van der Waals surface area contributed by atoms with Crippen molar-refractivity contribution >= 4 is 35.1 Å². The molecule has 5 heterocycles. The van der Waals surface area contributed by atoms with E-state index in [4.69, 9.17) is 10.5 Å². The van der Waals surface area contributed by atoms with Gasteiger partial charge in [-0.2, -0.15) is 0 Å². The van der Waals surface area contributed by atoms with Crippen LogP contribution in [0.3, 0.4) is 0 Å². The second kappa shape index (κ2) is 10.9. The molecule has 4 amide bonds. The number of anilines is 2. The lowest BCUT2D eigenvalue weighted by molar-refractivity contribution is -0.136. The largest absolute Gasteiger partial charge is 0.490 e. The number of hydrogen-bond donors (Lipinski definition) is 2. The zero-order valence-electron chi connectivity index (χ0n) is 22.4. The number of amides is 4. The summed E-state index contributed by atoms with van der Waals surface area (Å²) in [6, 6.07) is 7.84. The Morgan fingerprint density at radius 1 is 0.900 bits per heavy atom. The number of carbonyl (C=O) groups excluding carboxylic acids is 4. The van der Waals surface area contributed by atoms with Crippen LogP contribution in [0.15, 0.2) is 36.5 Å². The third kappa shape index (κ3) is 5.25. The molecule has 3 saturated heterocycles. The number of nitrogens with one attached hydrogen (secondary N) is 1. The molecule has 40 heavy (non-hydrogen) atoms. The number of nitrogens with zero attached hydrogens (tertiary/aromatic N) is 4. The van der Waals surface area contributed by atoms with Crippen molar-refractivity contribution in [3.8, 4) is 5.75 Å². The first-order valence-electron chi connectivity index (χ1n) is 14.1. The van der Waals surface area contributed by atoms with Gasteiger partial charge in [-0.3, -0.25) is 29.4 Å². The van der Waals surface area contributed by atoms with E-state index in [2.05, 4.69) is 20.1 Å². The minimum atomic E-state index is -0.972. The van der Waals surface area contributed by atoms with Crippen molar-refractivity contribution in [1.29, 1.82) is 0 Å². The standard InChI is InChI=1S/C29H34N6O5/c30-25-5-1-19(16-31-25)34-13-7-18(8-14-34)17-33-11-9-20(10-12-33)40-21-2-3-22-23(15-21)29(39)35(28(22)38)24-4-6-26(36)32-27(24)37/h1-3,5,15-16,18,20,24H,4,6-14,17H2,(H2,30,31)(H,32,36,37). The number of piperidine rings is 3. The Bertz CT molecular complexity index is 1310. The number of imide groups is 2.